The van der Waals surface area contributed by atoms with Gasteiger partial charge in [0.05, 0.1) is 22.0 Å². The Morgan fingerprint density at radius 3 is 2.29 bits per heavy atom. The topological polar surface area (TPSA) is 23.6 Å². The summed E-state index contributed by atoms with van der Waals surface area (Å²) in [7, 11) is 3.81. The third-order valence-corrected chi connectivity index (χ3v) is 3.67. The molecule has 0 N–H and O–H groups in total. The van der Waals surface area contributed by atoms with E-state index >= 15 is 0 Å². The average molecular weight is 299 g/mol. The van der Waals surface area contributed by atoms with Crippen molar-refractivity contribution in [2.24, 2.45) is 0 Å². The van der Waals surface area contributed by atoms with E-state index in [4.69, 9.17) is 11.6 Å². The van der Waals surface area contributed by atoms with Crippen LogP contribution < -0.4 is 4.90 Å². The van der Waals surface area contributed by atoms with Gasteiger partial charge >= 0.3 is 0 Å². The van der Waals surface area contributed by atoms with E-state index in [2.05, 4.69) is 0 Å². The fraction of sp³-hybridized carbons (Fsp3) is 0.118. The highest BCUT2D eigenvalue weighted by atomic mass is 35.5. The van der Waals surface area contributed by atoms with Gasteiger partial charge in [-0.05, 0) is 18.2 Å². The van der Waals surface area contributed by atoms with Crippen molar-refractivity contribution >= 4 is 34.5 Å². The third-order valence-electron chi connectivity index (χ3n) is 3.35. The summed E-state index contributed by atoms with van der Waals surface area (Å²) in [5.74, 6) is -0.0574. The highest BCUT2D eigenvalue weighted by Gasteiger charge is 2.34. The van der Waals surface area contributed by atoms with Gasteiger partial charge in [-0.3, -0.25) is 9.69 Å². The highest BCUT2D eigenvalue weighted by molar-refractivity contribution is 6.39. The van der Waals surface area contributed by atoms with Crippen LogP contribution in [0.2, 0.25) is 5.02 Å². The minimum Gasteiger partial charge on any atom is -0.383 e. The number of carbonyl (C=O) groups is 1. The van der Waals surface area contributed by atoms with E-state index in [0.29, 0.717) is 16.3 Å². The fourth-order valence-corrected chi connectivity index (χ4v) is 2.72. The van der Waals surface area contributed by atoms with Gasteiger partial charge in [-0.15, -0.1) is 0 Å². The number of halogens is 1. The molecule has 0 unspecified atom stereocenters. The number of anilines is 2. The molecule has 3 nitrogen and oxygen atoms in total. The number of rotatable bonds is 2. The molecule has 0 bridgehead atoms. The van der Waals surface area contributed by atoms with Crippen LogP contribution in [0.3, 0.4) is 0 Å². The van der Waals surface area contributed by atoms with Gasteiger partial charge in [0, 0.05) is 25.9 Å². The van der Waals surface area contributed by atoms with E-state index in [1.165, 1.54) is 0 Å². The standard InChI is InChI=1S/C17H15ClN2O/c1-19(2)11-13-12-7-3-5-9-15(12)20(17(13)21)16-10-6-4-8-14(16)18/h3-11H,1-2H3/b13-11-. The maximum absolute atomic E-state index is 12.8. The van der Waals surface area contributed by atoms with Crippen LogP contribution >= 0.6 is 11.6 Å². The van der Waals surface area contributed by atoms with E-state index in [9.17, 15) is 4.79 Å². The van der Waals surface area contributed by atoms with Crippen molar-refractivity contribution in [1.29, 1.82) is 0 Å². The van der Waals surface area contributed by atoms with Crippen molar-refractivity contribution in [1.82, 2.24) is 4.90 Å². The minimum atomic E-state index is -0.0574. The molecule has 1 aliphatic rings. The van der Waals surface area contributed by atoms with Gasteiger partial charge < -0.3 is 4.90 Å². The molecule has 0 fully saturated rings. The first-order valence-corrected chi connectivity index (χ1v) is 7.04. The number of benzene rings is 2. The van der Waals surface area contributed by atoms with Gasteiger partial charge in [0.15, 0.2) is 0 Å². The lowest BCUT2D eigenvalue weighted by Gasteiger charge is -2.18. The van der Waals surface area contributed by atoms with Gasteiger partial charge in [-0.25, -0.2) is 0 Å². The third kappa shape index (κ3) is 2.30. The van der Waals surface area contributed by atoms with Crippen molar-refractivity contribution in [2.45, 2.75) is 0 Å². The van der Waals surface area contributed by atoms with Crippen LogP contribution in [0.4, 0.5) is 11.4 Å². The summed E-state index contributed by atoms with van der Waals surface area (Å²) in [4.78, 5) is 16.4. The predicted octanol–water partition coefficient (Wildman–Crippen LogP) is 3.92. The van der Waals surface area contributed by atoms with E-state index in [-0.39, 0.29) is 5.91 Å². The zero-order valence-electron chi connectivity index (χ0n) is 11.9. The number of nitrogens with zero attached hydrogens (tertiary/aromatic N) is 2. The quantitative estimate of drug-likeness (QED) is 0.785. The van der Waals surface area contributed by atoms with Crippen molar-refractivity contribution in [3.63, 3.8) is 0 Å². The number of para-hydroxylation sites is 2. The second-order valence-corrected chi connectivity index (χ2v) is 5.52. The Morgan fingerprint density at radius 2 is 1.62 bits per heavy atom. The molecule has 21 heavy (non-hydrogen) atoms. The molecular formula is C17H15ClN2O. The molecule has 0 aliphatic carbocycles. The Morgan fingerprint density at radius 1 is 1.00 bits per heavy atom. The van der Waals surface area contributed by atoms with Crippen LogP contribution in [-0.4, -0.2) is 24.9 Å². The first kappa shape index (κ1) is 13.7. The normalized spacial score (nSPS) is 15.5. The second kappa shape index (κ2) is 5.26. The number of amides is 1. The zero-order chi connectivity index (χ0) is 15.0. The highest BCUT2D eigenvalue weighted by Crippen LogP contribution is 2.43. The fourth-order valence-electron chi connectivity index (χ4n) is 2.50. The van der Waals surface area contributed by atoms with Crippen molar-refractivity contribution in [2.75, 3.05) is 19.0 Å². The van der Waals surface area contributed by atoms with Crippen LogP contribution in [0.15, 0.2) is 54.7 Å². The van der Waals surface area contributed by atoms with E-state index < -0.39 is 0 Å². The Kier molecular flexibility index (Phi) is 3.43. The van der Waals surface area contributed by atoms with Crippen LogP contribution in [0, 0.1) is 0 Å². The molecule has 1 heterocycles. The maximum Gasteiger partial charge on any atom is 0.265 e. The van der Waals surface area contributed by atoms with Gasteiger partial charge in [-0.1, -0.05) is 41.9 Å². The van der Waals surface area contributed by atoms with Crippen LogP contribution in [0.5, 0.6) is 0 Å². The van der Waals surface area contributed by atoms with Crippen LogP contribution in [0.25, 0.3) is 5.57 Å². The molecule has 2 aromatic carbocycles. The smallest absolute Gasteiger partial charge is 0.265 e. The number of carbonyl (C=O) groups excluding carboxylic acids is 1. The molecule has 0 radical (unpaired) electrons. The average Bonchev–Trinajstić information content (AvgIpc) is 2.73. The Bertz CT molecular complexity index is 737. The summed E-state index contributed by atoms with van der Waals surface area (Å²) in [6.07, 6.45) is 1.85. The molecule has 1 amide bonds. The summed E-state index contributed by atoms with van der Waals surface area (Å²) in [5, 5.41) is 0.562. The maximum atomic E-state index is 12.8. The SMILES string of the molecule is CN(C)/C=C1\C(=O)N(c2ccccc2Cl)c2ccccc21. The van der Waals surface area contributed by atoms with Crippen molar-refractivity contribution < 1.29 is 4.79 Å². The van der Waals surface area contributed by atoms with E-state index in [0.717, 1.165) is 11.3 Å². The summed E-state index contributed by atoms with van der Waals surface area (Å²) in [6.45, 7) is 0. The Balaban J connectivity index is 2.20. The summed E-state index contributed by atoms with van der Waals surface area (Å²) in [6, 6.07) is 15.1. The number of fused-ring (bicyclic) bond motifs is 1. The summed E-state index contributed by atoms with van der Waals surface area (Å²) in [5.41, 5.74) is 3.18. The van der Waals surface area contributed by atoms with Crippen LogP contribution in [0.1, 0.15) is 5.56 Å². The molecule has 0 saturated carbocycles. The van der Waals surface area contributed by atoms with E-state index in [1.807, 2.05) is 67.7 Å². The van der Waals surface area contributed by atoms with Crippen molar-refractivity contribution in [3.8, 4) is 0 Å². The molecule has 0 aromatic heterocycles. The van der Waals surface area contributed by atoms with Gasteiger partial charge in [0.25, 0.3) is 5.91 Å². The number of hydrogen-bond donors (Lipinski definition) is 0. The molecule has 0 spiro atoms. The lowest BCUT2D eigenvalue weighted by atomic mass is 10.1. The largest absolute Gasteiger partial charge is 0.383 e. The molecule has 3 rings (SSSR count). The molecule has 106 valence electrons. The summed E-state index contributed by atoms with van der Waals surface area (Å²) >= 11 is 6.27. The van der Waals surface area contributed by atoms with Gasteiger partial charge in [0.2, 0.25) is 0 Å². The lowest BCUT2D eigenvalue weighted by molar-refractivity contribution is -0.112. The van der Waals surface area contributed by atoms with Crippen molar-refractivity contribution in [3.05, 3.63) is 65.3 Å². The van der Waals surface area contributed by atoms with Crippen LogP contribution in [-0.2, 0) is 4.79 Å². The zero-order valence-corrected chi connectivity index (χ0v) is 12.6. The monoisotopic (exact) mass is 298 g/mol. The first-order valence-electron chi connectivity index (χ1n) is 6.66. The lowest BCUT2D eigenvalue weighted by Crippen LogP contribution is -2.21. The molecule has 0 atom stereocenters. The Hall–Kier alpha value is -2.26. The molecule has 4 heteroatoms. The second-order valence-electron chi connectivity index (χ2n) is 5.12. The molecule has 0 saturated heterocycles. The first-order chi connectivity index (χ1) is 10.1. The molecule has 2 aromatic rings. The Labute approximate surface area is 129 Å². The number of hydrogen-bond acceptors (Lipinski definition) is 2. The summed E-state index contributed by atoms with van der Waals surface area (Å²) < 4.78 is 0. The minimum absolute atomic E-state index is 0.0574. The molecule has 1 aliphatic heterocycles. The van der Waals surface area contributed by atoms with E-state index in [1.54, 1.807) is 11.0 Å². The van der Waals surface area contributed by atoms with Gasteiger partial charge in [-0.2, -0.15) is 0 Å². The van der Waals surface area contributed by atoms with Gasteiger partial charge in [0.1, 0.15) is 0 Å². The predicted molar refractivity (Wildman–Crippen MR) is 86.7 cm³/mol. The molecular weight excluding hydrogens is 284 g/mol.